The number of rotatable bonds is 6. The van der Waals surface area contributed by atoms with Crippen molar-refractivity contribution in [1.82, 2.24) is 10.3 Å². The summed E-state index contributed by atoms with van der Waals surface area (Å²) in [6.45, 7) is 2.61. The molecule has 0 aliphatic heterocycles. The van der Waals surface area contributed by atoms with E-state index in [0.717, 1.165) is 5.56 Å². The minimum Gasteiger partial charge on any atom is -0.312 e. The number of halogens is 2. The summed E-state index contributed by atoms with van der Waals surface area (Å²) in [5.74, 6) is 0.337. The predicted molar refractivity (Wildman–Crippen MR) is 72.5 cm³/mol. The van der Waals surface area contributed by atoms with Gasteiger partial charge in [0, 0.05) is 30.6 Å². The molecule has 1 aromatic rings. The van der Waals surface area contributed by atoms with E-state index in [4.69, 9.17) is 11.6 Å². The van der Waals surface area contributed by atoms with Crippen molar-refractivity contribution in [3.8, 4) is 0 Å². The Balaban J connectivity index is 0.00000256. The van der Waals surface area contributed by atoms with Crippen molar-refractivity contribution < 1.29 is 8.42 Å². The lowest BCUT2D eigenvalue weighted by Gasteiger charge is -2.05. The fourth-order valence-electron chi connectivity index (χ4n) is 1.15. The third kappa shape index (κ3) is 6.21. The van der Waals surface area contributed by atoms with Gasteiger partial charge in [0.05, 0.1) is 5.75 Å². The SMILES string of the molecule is CCS(=O)(=O)CCNCc1cccnc1Cl.Cl. The Labute approximate surface area is 113 Å². The molecule has 1 rings (SSSR count). The minimum absolute atomic E-state index is 0. The van der Waals surface area contributed by atoms with Crippen LogP contribution in [-0.2, 0) is 16.4 Å². The highest BCUT2D eigenvalue weighted by molar-refractivity contribution is 7.91. The highest BCUT2D eigenvalue weighted by Gasteiger charge is 2.06. The van der Waals surface area contributed by atoms with Gasteiger partial charge in [-0.3, -0.25) is 0 Å². The number of nitrogens with one attached hydrogen (secondary N) is 1. The number of pyridine rings is 1. The number of hydrogen-bond acceptors (Lipinski definition) is 4. The van der Waals surface area contributed by atoms with Gasteiger partial charge in [0.1, 0.15) is 5.15 Å². The molecule has 7 heteroatoms. The summed E-state index contributed by atoms with van der Waals surface area (Å²) >= 11 is 5.85. The van der Waals surface area contributed by atoms with E-state index in [1.807, 2.05) is 6.07 Å². The lowest BCUT2D eigenvalue weighted by molar-refractivity contribution is 0.592. The molecule has 0 aliphatic carbocycles. The molecule has 0 spiro atoms. The molecular formula is C10H16Cl2N2O2S. The van der Waals surface area contributed by atoms with Gasteiger partial charge in [-0.15, -0.1) is 12.4 Å². The standard InChI is InChI=1S/C10H15ClN2O2S.ClH/c1-2-16(14,15)7-6-12-8-9-4-3-5-13-10(9)11;/h3-5,12H,2,6-8H2,1H3;1H. The van der Waals surface area contributed by atoms with Crippen LogP contribution in [-0.4, -0.2) is 31.5 Å². The van der Waals surface area contributed by atoms with Crippen LogP contribution in [0.2, 0.25) is 5.15 Å². The average molecular weight is 299 g/mol. The van der Waals surface area contributed by atoms with Gasteiger partial charge in [-0.25, -0.2) is 13.4 Å². The van der Waals surface area contributed by atoms with Crippen LogP contribution in [0.4, 0.5) is 0 Å². The van der Waals surface area contributed by atoms with Gasteiger partial charge >= 0.3 is 0 Å². The third-order valence-electron chi connectivity index (χ3n) is 2.18. The first kappa shape index (κ1) is 16.6. The summed E-state index contributed by atoms with van der Waals surface area (Å²) < 4.78 is 22.4. The van der Waals surface area contributed by atoms with Crippen molar-refractivity contribution in [3.05, 3.63) is 29.0 Å². The quantitative estimate of drug-likeness (QED) is 0.641. The molecule has 0 radical (unpaired) electrons. The van der Waals surface area contributed by atoms with Gasteiger partial charge in [0.2, 0.25) is 0 Å². The zero-order valence-corrected chi connectivity index (χ0v) is 11.9. The molecule has 0 amide bonds. The predicted octanol–water partition coefficient (Wildman–Crippen LogP) is 1.68. The number of hydrogen-bond donors (Lipinski definition) is 1. The van der Waals surface area contributed by atoms with Crippen molar-refractivity contribution >= 4 is 33.8 Å². The molecule has 4 nitrogen and oxygen atoms in total. The first-order chi connectivity index (χ1) is 7.55. The molecule has 17 heavy (non-hydrogen) atoms. The Morgan fingerprint density at radius 2 is 2.18 bits per heavy atom. The lowest BCUT2D eigenvalue weighted by atomic mass is 10.3. The van der Waals surface area contributed by atoms with Gasteiger partial charge < -0.3 is 5.32 Å². The first-order valence-corrected chi connectivity index (χ1v) is 7.25. The average Bonchev–Trinajstić information content (AvgIpc) is 2.27. The summed E-state index contributed by atoms with van der Waals surface area (Å²) in [6.07, 6.45) is 1.62. The highest BCUT2D eigenvalue weighted by atomic mass is 35.5. The van der Waals surface area contributed by atoms with Gasteiger partial charge in [-0.1, -0.05) is 24.6 Å². The minimum atomic E-state index is -2.90. The van der Waals surface area contributed by atoms with Crippen LogP contribution < -0.4 is 5.32 Å². The van der Waals surface area contributed by atoms with Gasteiger partial charge in [0.15, 0.2) is 9.84 Å². The van der Waals surface area contributed by atoms with E-state index in [2.05, 4.69) is 10.3 Å². The number of nitrogens with zero attached hydrogens (tertiary/aromatic N) is 1. The summed E-state index contributed by atoms with van der Waals surface area (Å²) in [4.78, 5) is 3.93. The Hall–Kier alpha value is -0.360. The second kappa shape index (κ2) is 7.87. The summed E-state index contributed by atoms with van der Waals surface area (Å²) in [7, 11) is -2.90. The van der Waals surface area contributed by atoms with Crippen molar-refractivity contribution in [2.45, 2.75) is 13.5 Å². The maximum Gasteiger partial charge on any atom is 0.151 e. The molecule has 0 saturated carbocycles. The number of aromatic nitrogens is 1. The molecule has 0 bridgehead atoms. The molecule has 0 atom stereocenters. The van der Waals surface area contributed by atoms with E-state index in [-0.39, 0.29) is 23.9 Å². The third-order valence-corrected chi connectivity index (χ3v) is 4.23. The van der Waals surface area contributed by atoms with Gasteiger partial charge in [0.25, 0.3) is 0 Å². The molecule has 1 N–H and O–H groups in total. The second-order valence-electron chi connectivity index (χ2n) is 3.37. The Kier molecular flexibility index (Phi) is 7.70. The van der Waals surface area contributed by atoms with E-state index in [1.54, 1.807) is 19.2 Å². The van der Waals surface area contributed by atoms with Crippen molar-refractivity contribution in [2.24, 2.45) is 0 Å². The van der Waals surface area contributed by atoms with Gasteiger partial charge in [-0.2, -0.15) is 0 Å². The molecule has 0 aliphatic rings. The van der Waals surface area contributed by atoms with Crippen LogP contribution in [0.1, 0.15) is 12.5 Å². The van der Waals surface area contributed by atoms with Crippen LogP contribution >= 0.6 is 24.0 Å². The van der Waals surface area contributed by atoms with Crippen LogP contribution in [0.25, 0.3) is 0 Å². The maximum absolute atomic E-state index is 11.2. The largest absolute Gasteiger partial charge is 0.312 e. The fourth-order valence-corrected chi connectivity index (χ4v) is 2.08. The zero-order valence-electron chi connectivity index (χ0n) is 9.52. The molecule has 1 aromatic heterocycles. The van der Waals surface area contributed by atoms with Crippen LogP contribution in [0.15, 0.2) is 18.3 Å². The highest BCUT2D eigenvalue weighted by Crippen LogP contribution is 2.10. The molecule has 0 unspecified atom stereocenters. The second-order valence-corrected chi connectivity index (χ2v) is 6.20. The molecule has 0 fully saturated rings. The van der Waals surface area contributed by atoms with Crippen LogP contribution in [0, 0.1) is 0 Å². The molecule has 1 heterocycles. The van der Waals surface area contributed by atoms with Crippen LogP contribution in [0.5, 0.6) is 0 Å². The van der Waals surface area contributed by atoms with E-state index >= 15 is 0 Å². The molecular weight excluding hydrogens is 283 g/mol. The van der Waals surface area contributed by atoms with E-state index in [1.165, 1.54) is 0 Å². The Morgan fingerprint density at radius 1 is 1.47 bits per heavy atom. The molecule has 0 saturated heterocycles. The normalized spacial score (nSPS) is 10.9. The van der Waals surface area contributed by atoms with E-state index in [9.17, 15) is 8.42 Å². The molecule has 98 valence electrons. The van der Waals surface area contributed by atoms with Crippen LogP contribution in [0.3, 0.4) is 0 Å². The van der Waals surface area contributed by atoms with Gasteiger partial charge in [-0.05, 0) is 6.07 Å². The Morgan fingerprint density at radius 3 is 2.76 bits per heavy atom. The van der Waals surface area contributed by atoms with E-state index in [0.29, 0.717) is 18.2 Å². The maximum atomic E-state index is 11.2. The number of sulfone groups is 1. The first-order valence-electron chi connectivity index (χ1n) is 5.05. The summed E-state index contributed by atoms with van der Waals surface area (Å²) in [5, 5.41) is 3.48. The summed E-state index contributed by atoms with van der Waals surface area (Å²) in [6, 6.07) is 3.66. The Bertz CT molecular complexity index is 438. The van der Waals surface area contributed by atoms with E-state index < -0.39 is 9.84 Å². The van der Waals surface area contributed by atoms with Crippen molar-refractivity contribution in [2.75, 3.05) is 18.1 Å². The fraction of sp³-hybridized carbons (Fsp3) is 0.500. The van der Waals surface area contributed by atoms with Crippen molar-refractivity contribution in [1.29, 1.82) is 0 Å². The lowest BCUT2D eigenvalue weighted by Crippen LogP contribution is -2.23. The summed E-state index contributed by atoms with van der Waals surface area (Å²) in [5.41, 5.74) is 0.873. The zero-order chi connectivity index (χ0) is 12.0. The van der Waals surface area contributed by atoms with Crippen molar-refractivity contribution in [3.63, 3.8) is 0 Å². The smallest absolute Gasteiger partial charge is 0.151 e. The molecule has 0 aromatic carbocycles. The topological polar surface area (TPSA) is 59.1 Å². The monoisotopic (exact) mass is 298 g/mol.